The Morgan fingerprint density at radius 3 is 2.71 bits per heavy atom. The van der Waals surface area contributed by atoms with Gasteiger partial charge in [-0.25, -0.2) is 0 Å². The van der Waals surface area contributed by atoms with Gasteiger partial charge in [-0.2, -0.15) is 0 Å². The van der Waals surface area contributed by atoms with Gasteiger partial charge in [-0.05, 0) is 47.6 Å². The first-order valence-electron chi connectivity index (χ1n) is 10.2. The molecule has 0 radical (unpaired) electrons. The highest BCUT2D eigenvalue weighted by Gasteiger charge is 2.21. The lowest BCUT2D eigenvalue weighted by Crippen LogP contribution is -2.28. The molecular weight excluding hydrogens is 344 g/mol. The predicted octanol–water partition coefficient (Wildman–Crippen LogP) is 5.03. The number of aliphatic hydroxyl groups excluding tert-OH is 1. The number of aliphatic hydroxyl groups is 1. The zero-order chi connectivity index (χ0) is 19.1. The van der Waals surface area contributed by atoms with E-state index < -0.39 is 6.10 Å². The number of nitrogens with one attached hydrogen (secondary N) is 1. The van der Waals surface area contributed by atoms with Crippen LogP contribution in [-0.4, -0.2) is 16.2 Å². The molecule has 0 saturated carbocycles. The van der Waals surface area contributed by atoms with E-state index in [0.29, 0.717) is 5.92 Å². The van der Waals surface area contributed by atoms with Crippen LogP contribution in [-0.2, 0) is 13.6 Å². The third-order valence-corrected chi connectivity index (χ3v) is 6.31. The van der Waals surface area contributed by atoms with Crippen molar-refractivity contribution in [2.45, 2.75) is 31.4 Å². The molecule has 2 atom stereocenters. The van der Waals surface area contributed by atoms with Gasteiger partial charge in [0.15, 0.2) is 0 Å². The Balaban J connectivity index is 1.39. The van der Waals surface area contributed by atoms with Gasteiger partial charge in [0.05, 0.1) is 6.10 Å². The first kappa shape index (κ1) is 17.5. The summed E-state index contributed by atoms with van der Waals surface area (Å²) in [5.41, 5.74) is 6.26. The van der Waals surface area contributed by atoms with Crippen LogP contribution in [0.15, 0.2) is 66.7 Å². The summed E-state index contributed by atoms with van der Waals surface area (Å²) >= 11 is 0. The molecule has 0 amide bonds. The molecule has 0 aliphatic carbocycles. The van der Waals surface area contributed by atoms with Gasteiger partial charge in [-0.3, -0.25) is 0 Å². The van der Waals surface area contributed by atoms with E-state index in [9.17, 15) is 5.11 Å². The molecule has 2 N–H and O–H groups in total. The fourth-order valence-electron chi connectivity index (χ4n) is 4.75. The monoisotopic (exact) mass is 370 g/mol. The third-order valence-electron chi connectivity index (χ3n) is 6.31. The minimum absolute atomic E-state index is 0.434. The van der Waals surface area contributed by atoms with Crippen LogP contribution in [0, 0.1) is 0 Å². The molecule has 142 valence electrons. The largest absolute Gasteiger partial charge is 0.388 e. The maximum Gasteiger partial charge on any atom is 0.0791 e. The summed E-state index contributed by atoms with van der Waals surface area (Å²) in [7, 11) is 2.10. The molecule has 0 spiro atoms. The van der Waals surface area contributed by atoms with E-state index >= 15 is 0 Å². The Morgan fingerprint density at radius 2 is 1.79 bits per heavy atom. The SMILES string of the molecule is Cn1c2ccccc2c2ccc(C(O)CCC3CNCc4ccccc43)cc21. The van der Waals surface area contributed by atoms with E-state index in [0.717, 1.165) is 31.5 Å². The van der Waals surface area contributed by atoms with Crippen molar-refractivity contribution in [1.29, 1.82) is 0 Å². The van der Waals surface area contributed by atoms with Crippen LogP contribution >= 0.6 is 0 Å². The highest BCUT2D eigenvalue weighted by Crippen LogP contribution is 2.33. The molecule has 1 aromatic heterocycles. The lowest BCUT2D eigenvalue weighted by Gasteiger charge is -2.27. The number of fused-ring (bicyclic) bond motifs is 4. The molecule has 2 unspecified atom stereocenters. The minimum atomic E-state index is -0.434. The van der Waals surface area contributed by atoms with Crippen molar-refractivity contribution < 1.29 is 5.11 Å². The van der Waals surface area contributed by atoms with Gasteiger partial charge in [0.1, 0.15) is 0 Å². The first-order valence-corrected chi connectivity index (χ1v) is 10.2. The predicted molar refractivity (Wildman–Crippen MR) is 116 cm³/mol. The Hall–Kier alpha value is -2.62. The van der Waals surface area contributed by atoms with Gasteiger partial charge in [-0.15, -0.1) is 0 Å². The van der Waals surface area contributed by atoms with Gasteiger partial charge < -0.3 is 15.0 Å². The van der Waals surface area contributed by atoms with Gasteiger partial charge >= 0.3 is 0 Å². The lowest BCUT2D eigenvalue weighted by atomic mass is 9.86. The third kappa shape index (κ3) is 2.92. The normalized spacial score (nSPS) is 17.7. The van der Waals surface area contributed by atoms with Gasteiger partial charge in [0.2, 0.25) is 0 Å². The quantitative estimate of drug-likeness (QED) is 0.528. The second kappa shape index (κ2) is 7.08. The van der Waals surface area contributed by atoms with Crippen LogP contribution in [0.4, 0.5) is 0 Å². The number of hydrogen-bond donors (Lipinski definition) is 2. The number of aryl methyl sites for hydroxylation is 1. The summed E-state index contributed by atoms with van der Waals surface area (Å²) < 4.78 is 2.22. The van der Waals surface area contributed by atoms with Gasteiger partial charge in [0.25, 0.3) is 0 Å². The zero-order valence-electron chi connectivity index (χ0n) is 16.2. The van der Waals surface area contributed by atoms with Crippen molar-refractivity contribution >= 4 is 21.8 Å². The number of aromatic nitrogens is 1. The minimum Gasteiger partial charge on any atom is -0.388 e. The van der Waals surface area contributed by atoms with Gasteiger partial charge in [0, 0.05) is 41.9 Å². The van der Waals surface area contributed by atoms with Crippen molar-refractivity contribution in [1.82, 2.24) is 9.88 Å². The van der Waals surface area contributed by atoms with E-state index in [2.05, 4.69) is 83.7 Å². The molecular formula is C25H26N2O. The second-order valence-corrected chi connectivity index (χ2v) is 7.97. The average molecular weight is 370 g/mol. The van der Waals surface area contributed by atoms with E-state index in [4.69, 9.17) is 0 Å². The molecule has 0 fully saturated rings. The highest BCUT2D eigenvalue weighted by atomic mass is 16.3. The molecule has 5 rings (SSSR count). The molecule has 3 heteroatoms. The van der Waals surface area contributed by atoms with Crippen LogP contribution < -0.4 is 5.32 Å². The summed E-state index contributed by atoms with van der Waals surface area (Å²) in [4.78, 5) is 0. The van der Waals surface area contributed by atoms with Crippen LogP contribution in [0.3, 0.4) is 0 Å². The van der Waals surface area contributed by atoms with Crippen LogP contribution in [0.5, 0.6) is 0 Å². The maximum atomic E-state index is 10.9. The number of benzene rings is 3. The summed E-state index contributed by atoms with van der Waals surface area (Å²) in [5, 5.41) is 16.9. The van der Waals surface area contributed by atoms with Crippen molar-refractivity contribution in [3.63, 3.8) is 0 Å². The Labute approximate surface area is 165 Å². The number of rotatable bonds is 4. The van der Waals surface area contributed by atoms with E-state index in [1.54, 1.807) is 0 Å². The summed E-state index contributed by atoms with van der Waals surface area (Å²) in [6.07, 6.45) is 1.32. The van der Waals surface area contributed by atoms with Crippen molar-refractivity contribution in [3.8, 4) is 0 Å². The van der Waals surface area contributed by atoms with Crippen molar-refractivity contribution in [2.24, 2.45) is 7.05 Å². The maximum absolute atomic E-state index is 10.9. The smallest absolute Gasteiger partial charge is 0.0791 e. The Bertz CT molecular complexity index is 1140. The fraction of sp³-hybridized carbons (Fsp3) is 0.280. The molecule has 0 saturated heterocycles. The molecule has 2 heterocycles. The zero-order valence-corrected chi connectivity index (χ0v) is 16.2. The average Bonchev–Trinajstić information content (AvgIpc) is 3.04. The molecule has 1 aliphatic rings. The van der Waals surface area contributed by atoms with Crippen LogP contribution in [0.1, 0.15) is 41.6 Å². The molecule has 0 bridgehead atoms. The summed E-state index contributed by atoms with van der Waals surface area (Å²) in [6.45, 7) is 1.94. The topological polar surface area (TPSA) is 37.2 Å². The van der Waals surface area contributed by atoms with E-state index in [-0.39, 0.29) is 0 Å². The molecule has 1 aliphatic heterocycles. The second-order valence-electron chi connectivity index (χ2n) is 7.97. The number of para-hydroxylation sites is 1. The molecule has 28 heavy (non-hydrogen) atoms. The number of hydrogen-bond acceptors (Lipinski definition) is 2. The molecule has 4 aromatic rings. The highest BCUT2D eigenvalue weighted by molar-refractivity contribution is 6.08. The lowest BCUT2D eigenvalue weighted by molar-refractivity contribution is 0.161. The van der Waals surface area contributed by atoms with Crippen LogP contribution in [0.25, 0.3) is 21.8 Å². The standard InChI is InChI=1S/C25H26N2O/c1-27-23-9-5-4-8-21(23)22-12-10-17(14-24(22)27)25(28)13-11-19-16-26-15-18-6-2-3-7-20(18)19/h2-10,12,14,19,25-26,28H,11,13,15-16H2,1H3. The first-order chi connectivity index (χ1) is 13.7. The summed E-state index contributed by atoms with van der Waals surface area (Å²) in [5.74, 6) is 0.473. The van der Waals surface area contributed by atoms with Gasteiger partial charge in [-0.1, -0.05) is 54.6 Å². The summed E-state index contributed by atoms with van der Waals surface area (Å²) in [6, 6.07) is 23.6. The fourth-order valence-corrected chi connectivity index (χ4v) is 4.75. The van der Waals surface area contributed by atoms with Crippen LogP contribution in [0.2, 0.25) is 0 Å². The van der Waals surface area contributed by atoms with Crippen molar-refractivity contribution in [3.05, 3.63) is 83.4 Å². The van der Waals surface area contributed by atoms with E-state index in [1.807, 2.05) is 0 Å². The molecule has 3 nitrogen and oxygen atoms in total. The molecule has 3 aromatic carbocycles. The van der Waals surface area contributed by atoms with Crippen molar-refractivity contribution in [2.75, 3.05) is 6.54 Å². The Morgan fingerprint density at radius 1 is 1.00 bits per heavy atom. The Kier molecular flexibility index (Phi) is 4.42. The van der Waals surface area contributed by atoms with E-state index in [1.165, 1.54) is 32.9 Å². The number of nitrogens with zero attached hydrogens (tertiary/aromatic N) is 1.